The number of rotatable bonds is 1. The van der Waals surface area contributed by atoms with Crippen LogP contribution >= 0.6 is 0 Å². The molecule has 0 radical (unpaired) electrons. The summed E-state index contributed by atoms with van der Waals surface area (Å²) in [5.41, 5.74) is 0. The number of carbonyl (C=O) groups excluding carboxylic acids is 1. The van der Waals surface area contributed by atoms with Crippen molar-refractivity contribution in [2.24, 2.45) is 0 Å². The second-order valence-electron chi connectivity index (χ2n) is 3.97. The first-order valence-electron chi connectivity index (χ1n) is 5.05. The lowest BCUT2D eigenvalue weighted by atomic mass is 10.0. The molecule has 2 saturated heterocycles. The van der Waals surface area contributed by atoms with E-state index in [0.717, 1.165) is 26.1 Å². The summed E-state index contributed by atoms with van der Waals surface area (Å²) in [5, 5.41) is 6.25. The molecule has 4 nitrogen and oxygen atoms in total. The second-order valence-corrected chi connectivity index (χ2v) is 3.97. The maximum absolute atomic E-state index is 11.3. The van der Waals surface area contributed by atoms with E-state index in [0.29, 0.717) is 12.1 Å². The van der Waals surface area contributed by atoms with Gasteiger partial charge in [-0.3, -0.25) is 0 Å². The van der Waals surface area contributed by atoms with Crippen molar-refractivity contribution in [2.45, 2.75) is 31.8 Å². The Labute approximate surface area is 78.7 Å². The van der Waals surface area contributed by atoms with Crippen LogP contribution in [0.25, 0.3) is 0 Å². The van der Waals surface area contributed by atoms with Gasteiger partial charge in [-0.15, -0.1) is 0 Å². The van der Waals surface area contributed by atoms with Crippen LogP contribution in [0.15, 0.2) is 0 Å². The van der Waals surface area contributed by atoms with E-state index >= 15 is 0 Å². The molecule has 4 heteroatoms. The van der Waals surface area contributed by atoms with Crippen LogP contribution < -0.4 is 10.6 Å². The van der Waals surface area contributed by atoms with Gasteiger partial charge in [-0.25, -0.2) is 4.79 Å². The Balaban J connectivity index is 1.90. The number of nitrogens with one attached hydrogen (secondary N) is 2. The molecule has 2 atom stereocenters. The number of amides is 2. The van der Waals surface area contributed by atoms with Crippen LogP contribution in [0, 0.1) is 0 Å². The lowest BCUT2D eigenvalue weighted by Gasteiger charge is -2.33. The minimum Gasteiger partial charge on any atom is -0.336 e. The van der Waals surface area contributed by atoms with E-state index in [1.165, 1.54) is 6.42 Å². The average Bonchev–Trinajstić information content (AvgIpc) is 2.53. The fourth-order valence-electron chi connectivity index (χ4n) is 2.08. The summed E-state index contributed by atoms with van der Waals surface area (Å²) in [4.78, 5) is 13.3. The van der Waals surface area contributed by atoms with E-state index in [1.54, 1.807) is 0 Å². The first-order chi connectivity index (χ1) is 6.27. The van der Waals surface area contributed by atoms with Crippen LogP contribution in [0.5, 0.6) is 0 Å². The van der Waals surface area contributed by atoms with Crippen molar-refractivity contribution in [2.75, 3.05) is 19.6 Å². The maximum Gasteiger partial charge on any atom is 0.317 e. The summed E-state index contributed by atoms with van der Waals surface area (Å²) >= 11 is 0. The monoisotopic (exact) mass is 183 g/mol. The van der Waals surface area contributed by atoms with Crippen molar-refractivity contribution in [3.05, 3.63) is 0 Å². The van der Waals surface area contributed by atoms with Crippen molar-refractivity contribution >= 4 is 6.03 Å². The summed E-state index contributed by atoms with van der Waals surface area (Å²) in [5.74, 6) is 0. The van der Waals surface area contributed by atoms with Gasteiger partial charge in [0.1, 0.15) is 0 Å². The summed E-state index contributed by atoms with van der Waals surface area (Å²) in [6.45, 7) is 4.83. The van der Waals surface area contributed by atoms with Crippen molar-refractivity contribution in [3.8, 4) is 0 Å². The van der Waals surface area contributed by atoms with E-state index in [9.17, 15) is 4.79 Å². The Kier molecular flexibility index (Phi) is 2.40. The Morgan fingerprint density at radius 3 is 2.85 bits per heavy atom. The Bertz CT molecular complexity index is 199. The van der Waals surface area contributed by atoms with Crippen molar-refractivity contribution in [3.63, 3.8) is 0 Å². The van der Waals surface area contributed by atoms with E-state index in [-0.39, 0.29) is 6.03 Å². The Morgan fingerprint density at radius 1 is 1.46 bits per heavy atom. The van der Waals surface area contributed by atoms with Gasteiger partial charge in [-0.05, 0) is 19.8 Å². The minimum absolute atomic E-state index is 0.112. The lowest BCUT2D eigenvalue weighted by molar-refractivity contribution is 0.177. The van der Waals surface area contributed by atoms with E-state index in [2.05, 4.69) is 17.6 Å². The fourth-order valence-corrected chi connectivity index (χ4v) is 2.08. The zero-order valence-corrected chi connectivity index (χ0v) is 8.05. The number of piperidine rings is 1. The molecule has 0 bridgehead atoms. The van der Waals surface area contributed by atoms with Crippen LogP contribution in [-0.2, 0) is 0 Å². The number of hydrogen-bond donors (Lipinski definition) is 2. The van der Waals surface area contributed by atoms with Crippen molar-refractivity contribution in [1.82, 2.24) is 15.5 Å². The molecule has 0 saturated carbocycles. The molecule has 2 fully saturated rings. The lowest BCUT2D eigenvalue weighted by Crippen LogP contribution is -2.49. The first kappa shape index (κ1) is 8.81. The van der Waals surface area contributed by atoms with Crippen LogP contribution in [0.4, 0.5) is 4.79 Å². The topological polar surface area (TPSA) is 44.4 Å². The van der Waals surface area contributed by atoms with Gasteiger partial charge in [-0.2, -0.15) is 0 Å². The molecule has 2 amide bonds. The predicted molar refractivity (Wildman–Crippen MR) is 50.6 cm³/mol. The van der Waals surface area contributed by atoms with Gasteiger partial charge in [0.25, 0.3) is 0 Å². The fraction of sp³-hybridized carbons (Fsp3) is 0.889. The molecule has 2 aliphatic heterocycles. The second kappa shape index (κ2) is 3.54. The average molecular weight is 183 g/mol. The number of nitrogens with zero attached hydrogens (tertiary/aromatic N) is 1. The summed E-state index contributed by atoms with van der Waals surface area (Å²) in [7, 11) is 0. The molecule has 2 rings (SSSR count). The van der Waals surface area contributed by atoms with Crippen LogP contribution in [-0.4, -0.2) is 42.6 Å². The largest absolute Gasteiger partial charge is 0.336 e. The molecular formula is C9H17N3O. The molecule has 13 heavy (non-hydrogen) atoms. The molecule has 0 aromatic heterocycles. The molecule has 2 N–H and O–H groups in total. The third kappa shape index (κ3) is 1.77. The molecule has 2 unspecified atom stereocenters. The number of carbonyl (C=O) groups is 1. The Hall–Kier alpha value is -0.770. The molecule has 0 spiro atoms. The van der Waals surface area contributed by atoms with Gasteiger partial charge >= 0.3 is 6.03 Å². The standard InChI is InChI=1S/C9H17N3O/c1-7-2-3-8(6-11-7)12-5-4-10-9(12)13/h7-8,11H,2-6H2,1H3,(H,10,13). The number of urea groups is 1. The van der Waals surface area contributed by atoms with Crippen molar-refractivity contribution in [1.29, 1.82) is 0 Å². The minimum atomic E-state index is 0.112. The molecule has 0 aliphatic carbocycles. The van der Waals surface area contributed by atoms with E-state index in [1.807, 2.05) is 4.90 Å². The summed E-state index contributed by atoms with van der Waals surface area (Å²) < 4.78 is 0. The van der Waals surface area contributed by atoms with Gasteiger partial charge in [0, 0.05) is 31.7 Å². The Morgan fingerprint density at radius 2 is 2.31 bits per heavy atom. The third-order valence-electron chi connectivity index (χ3n) is 2.97. The first-order valence-corrected chi connectivity index (χ1v) is 5.05. The van der Waals surface area contributed by atoms with E-state index in [4.69, 9.17) is 0 Å². The quantitative estimate of drug-likeness (QED) is 0.608. The van der Waals surface area contributed by atoms with E-state index < -0.39 is 0 Å². The van der Waals surface area contributed by atoms with Crippen molar-refractivity contribution < 1.29 is 4.79 Å². The van der Waals surface area contributed by atoms with Gasteiger partial charge in [0.2, 0.25) is 0 Å². The summed E-state index contributed by atoms with van der Waals surface area (Å²) in [6.07, 6.45) is 2.32. The molecular weight excluding hydrogens is 166 g/mol. The van der Waals surface area contributed by atoms with Gasteiger partial charge in [0.15, 0.2) is 0 Å². The number of hydrogen-bond acceptors (Lipinski definition) is 2. The van der Waals surface area contributed by atoms with Crippen LogP contribution in [0.1, 0.15) is 19.8 Å². The molecule has 0 aromatic carbocycles. The molecule has 0 aromatic rings. The van der Waals surface area contributed by atoms with Gasteiger partial charge < -0.3 is 15.5 Å². The smallest absolute Gasteiger partial charge is 0.317 e. The van der Waals surface area contributed by atoms with Gasteiger partial charge in [-0.1, -0.05) is 0 Å². The molecule has 74 valence electrons. The zero-order valence-electron chi connectivity index (χ0n) is 8.05. The highest BCUT2D eigenvalue weighted by molar-refractivity contribution is 5.76. The normalized spacial score (nSPS) is 34.8. The third-order valence-corrected chi connectivity index (χ3v) is 2.97. The maximum atomic E-state index is 11.3. The molecule has 2 aliphatic rings. The molecule has 2 heterocycles. The zero-order chi connectivity index (χ0) is 9.26. The summed E-state index contributed by atoms with van der Waals surface area (Å²) in [6, 6.07) is 1.14. The van der Waals surface area contributed by atoms with Crippen LogP contribution in [0.2, 0.25) is 0 Å². The highest BCUT2D eigenvalue weighted by Crippen LogP contribution is 2.15. The van der Waals surface area contributed by atoms with Crippen LogP contribution in [0.3, 0.4) is 0 Å². The predicted octanol–water partition coefficient (Wildman–Crippen LogP) is 0.152. The van der Waals surface area contributed by atoms with Gasteiger partial charge in [0.05, 0.1) is 0 Å². The highest BCUT2D eigenvalue weighted by atomic mass is 16.2. The SMILES string of the molecule is CC1CCC(N2CCNC2=O)CN1. The highest BCUT2D eigenvalue weighted by Gasteiger charge is 2.29.